The zero-order valence-corrected chi connectivity index (χ0v) is 15.0. The highest BCUT2D eigenvalue weighted by Crippen LogP contribution is 2.36. The number of nitrogens with one attached hydrogen (secondary N) is 1. The Hall–Kier alpha value is -2.45. The molecule has 1 amide bonds. The highest BCUT2D eigenvalue weighted by atomic mass is 35.5. The third kappa shape index (κ3) is 4.15. The molecule has 0 aliphatic rings. The standard InChI is InChI=1S/C16H14ClN5O2S/c1-8-5-9(2)19-16(18-8)25-7-13(23)21-22-14-11-6-10(17)3-4-12(11)20-15(14)24/h3-6,20,24H,7H2,1-2H3. The van der Waals surface area contributed by atoms with E-state index in [-0.39, 0.29) is 17.3 Å². The number of azo groups is 1. The van der Waals surface area contributed by atoms with E-state index in [1.807, 2.05) is 19.9 Å². The average Bonchev–Trinajstić information content (AvgIpc) is 2.85. The molecule has 0 aliphatic carbocycles. The van der Waals surface area contributed by atoms with Gasteiger partial charge in [0, 0.05) is 21.8 Å². The van der Waals surface area contributed by atoms with E-state index in [0.29, 0.717) is 21.1 Å². The van der Waals surface area contributed by atoms with Crippen LogP contribution in [0.5, 0.6) is 5.88 Å². The van der Waals surface area contributed by atoms with Gasteiger partial charge in [0.2, 0.25) is 5.88 Å². The summed E-state index contributed by atoms with van der Waals surface area (Å²) in [4.78, 5) is 23.2. The average molecular weight is 376 g/mol. The maximum Gasteiger partial charge on any atom is 0.275 e. The molecule has 0 fully saturated rings. The van der Waals surface area contributed by atoms with Gasteiger partial charge in [-0.15, -0.1) is 10.2 Å². The van der Waals surface area contributed by atoms with E-state index in [9.17, 15) is 9.90 Å². The topological polar surface area (TPSA) is 104 Å². The molecule has 7 nitrogen and oxygen atoms in total. The molecule has 0 unspecified atom stereocenters. The van der Waals surface area contributed by atoms with Gasteiger partial charge in [0.15, 0.2) is 10.8 Å². The number of aryl methyl sites for hydroxylation is 2. The summed E-state index contributed by atoms with van der Waals surface area (Å²) in [5.41, 5.74) is 2.51. The van der Waals surface area contributed by atoms with Crippen molar-refractivity contribution in [3.05, 3.63) is 40.7 Å². The summed E-state index contributed by atoms with van der Waals surface area (Å²) < 4.78 is 0. The summed E-state index contributed by atoms with van der Waals surface area (Å²) >= 11 is 7.14. The molecule has 25 heavy (non-hydrogen) atoms. The lowest BCUT2D eigenvalue weighted by Crippen LogP contribution is -1.99. The first-order chi connectivity index (χ1) is 11.9. The molecule has 0 saturated carbocycles. The number of carbonyl (C=O) groups excluding carboxylic acids is 1. The summed E-state index contributed by atoms with van der Waals surface area (Å²) in [5, 5.41) is 19.0. The molecule has 2 N–H and O–H groups in total. The number of benzene rings is 1. The van der Waals surface area contributed by atoms with E-state index in [1.54, 1.807) is 18.2 Å². The summed E-state index contributed by atoms with van der Waals surface area (Å²) in [6, 6.07) is 6.90. The van der Waals surface area contributed by atoms with Gasteiger partial charge < -0.3 is 10.1 Å². The second-order valence-corrected chi connectivity index (χ2v) is 6.71. The first-order valence-electron chi connectivity index (χ1n) is 7.32. The van der Waals surface area contributed by atoms with Crippen LogP contribution < -0.4 is 0 Å². The Morgan fingerprint density at radius 1 is 1.28 bits per heavy atom. The Morgan fingerprint density at radius 3 is 2.72 bits per heavy atom. The number of aromatic amines is 1. The molecule has 3 aromatic rings. The molecule has 1 aromatic carbocycles. The number of amides is 1. The molecule has 2 aromatic heterocycles. The van der Waals surface area contributed by atoms with Crippen molar-refractivity contribution in [2.75, 3.05) is 5.75 Å². The zero-order valence-electron chi connectivity index (χ0n) is 13.4. The lowest BCUT2D eigenvalue weighted by Gasteiger charge is -2.00. The maximum absolute atomic E-state index is 11.9. The Bertz CT molecular complexity index is 966. The summed E-state index contributed by atoms with van der Waals surface area (Å²) in [6.07, 6.45) is 0. The molecule has 3 rings (SSSR count). The molecule has 0 aliphatic heterocycles. The number of halogens is 1. The summed E-state index contributed by atoms with van der Waals surface area (Å²) in [6.45, 7) is 3.73. The predicted molar refractivity (Wildman–Crippen MR) is 96.7 cm³/mol. The lowest BCUT2D eigenvalue weighted by molar-refractivity contribution is -0.115. The van der Waals surface area contributed by atoms with Crippen molar-refractivity contribution in [1.29, 1.82) is 0 Å². The number of hydrogen-bond donors (Lipinski definition) is 2. The largest absolute Gasteiger partial charge is 0.493 e. The van der Waals surface area contributed by atoms with Crippen LogP contribution in [0.3, 0.4) is 0 Å². The van der Waals surface area contributed by atoms with Crippen molar-refractivity contribution in [1.82, 2.24) is 15.0 Å². The van der Waals surface area contributed by atoms with Crippen LogP contribution in [-0.2, 0) is 4.79 Å². The second-order valence-electron chi connectivity index (χ2n) is 5.33. The summed E-state index contributed by atoms with van der Waals surface area (Å²) in [5.74, 6) is -0.571. The van der Waals surface area contributed by atoms with Crippen LogP contribution in [0.1, 0.15) is 11.4 Å². The molecule has 0 saturated heterocycles. The number of aromatic nitrogens is 3. The maximum atomic E-state index is 11.9. The minimum absolute atomic E-state index is 0.0519. The van der Waals surface area contributed by atoms with Gasteiger partial charge in [-0.3, -0.25) is 4.79 Å². The number of nitrogens with zero attached hydrogens (tertiary/aromatic N) is 4. The van der Waals surface area contributed by atoms with Crippen LogP contribution in [0.15, 0.2) is 39.7 Å². The first-order valence-corrected chi connectivity index (χ1v) is 8.68. The number of aromatic hydroxyl groups is 1. The number of hydrogen-bond acceptors (Lipinski definition) is 6. The van der Waals surface area contributed by atoms with Crippen LogP contribution in [0.4, 0.5) is 5.69 Å². The van der Waals surface area contributed by atoms with Crippen molar-refractivity contribution in [3.8, 4) is 5.88 Å². The van der Waals surface area contributed by atoms with E-state index in [0.717, 1.165) is 11.4 Å². The van der Waals surface area contributed by atoms with Crippen LogP contribution in [-0.4, -0.2) is 31.7 Å². The third-order valence-electron chi connectivity index (χ3n) is 3.26. The number of H-pyrrole nitrogens is 1. The van der Waals surface area contributed by atoms with E-state index in [2.05, 4.69) is 25.2 Å². The SMILES string of the molecule is Cc1cc(C)nc(SCC(=O)N=Nc2c(O)[nH]c3ccc(Cl)cc23)n1. The van der Waals surface area contributed by atoms with Crippen LogP contribution in [0.2, 0.25) is 5.02 Å². The molecular formula is C16H14ClN5O2S. The van der Waals surface area contributed by atoms with Gasteiger partial charge in [-0.05, 0) is 38.1 Å². The van der Waals surface area contributed by atoms with Gasteiger partial charge in [-0.1, -0.05) is 23.4 Å². The molecule has 0 atom stereocenters. The minimum Gasteiger partial charge on any atom is -0.493 e. The van der Waals surface area contributed by atoms with E-state index in [1.165, 1.54) is 11.8 Å². The van der Waals surface area contributed by atoms with E-state index >= 15 is 0 Å². The number of thioether (sulfide) groups is 1. The van der Waals surface area contributed by atoms with Gasteiger partial charge in [0.05, 0.1) is 11.3 Å². The van der Waals surface area contributed by atoms with Crippen molar-refractivity contribution < 1.29 is 9.90 Å². The second kappa shape index (κ2) is 7.20. The Kier molecular flexibility index (Phi) is 5.00. The smallest absolute Gasteiger partial charge is 0.275 e. The van der Waals surface area contributed by atoms with Crippen molar-refractivity contribution in [3.63, 3.8) is 0 Å². The lowest BCUT2D eigenvalue weighted by atomic mass is 10.2. The Morgan fingerprint density at radius 2 is 2.00 bits per heavy atom. The minimum atomic E-state index is -0.455. The van der Waals surface area contributed by atoms with Gasteiger partial charge >= 0.3 is 0 Å². The third-order valence-corrected chi connectivity index (χ3v) is 4.33. The van der Waals surface area contributed by atoms with Crippen LogP contribution in [0, 0.1) is 13.8 Å². The van der Waals surface area contributed by atoms with Crippen LogP contribution in [0.25, 0.3) is 10.9 Å². The Labute approximate surface area is 152 Å². The van der Waals surface area contributed by atoms with Gasteiger partial charge in [0.1, 0.15) is 0 Å². The molecule has 2 heterocycles. The number of carbonyl (C=O) groups is 1. The Balaban J connectivity index is 1.72. The fourth-order valence-electron chi connectivity index (χ4n) is 2.26. The normalized spacial score (nSPS) is 11.5. The molecule has 0 radical (unpaired) electrons. The van der Waals surface area contributed by atoms with E-state index < -0.39 is 5.91 Å². The molecule has 0 spiro atoms. The van der Waals surface area contributed by atoms with E-state index in [4.69, 9.17) is 11.6 Å². The quantitative estimate of drug-likeness (QED) is 0.401. The van der Waals surface area contributed by atoms with Crippen molar-refractivity contribution >= 4 is 45.9 Å². The molecular weight excluding hydrogens is 362 g/mol. The fourth-order valence-corrected chi connectivity index (χ4v) is 3.16. The van der Waals surface area contributed by atoms with Gasteiger partial charge in [-0.25, -0.2) is 9.97 Å². The van der Waals surface area contributed by atoms with Gasteiger partial charge in [0.25, 0.3) is 5.91 Å². The molecule has 9 heteroatoms. The van der Waals surface area contributed by atoms with Crippen molar-refractivity contribution in [2.45, 2.75) is 19.0 Å². The predicted octanol–water partition coefficient (Wildman–Crippen LogP) is 4.34. The molecule has 128 valence electrons. The summed E-state index contributed by atoms with van der Waals surface area (Å²) in [7, 11) is 0. The highest BCUT2D eigenvalue weighted by Gasteiger charge is 2.12. The first kappa shape index (κ1) is 17.4. The zero-order chi connectivity index (χ0) is 18.0. The number of rotatable bonds is 4. The van der Waals surface area contributed by atoms with Crippen molar-refractivity contribution in [2.24, 2.45) is 10.2 Å². The monoisotopic (exact) mass is 375 g/mol. The highest BCUT2D eigenvalue weighted by molar-refractivity contribution is 7.99. The molecule has 0 bridgehead atoms. The fraction of sp³-hybridized carbons (Fsp3) is 0.188. The van der Waals surface area contributed by atoms with Gasteiger partial charge in [-0.2, -0.15) is 0 Å². The van der Waals surface area contributed by atoms with Crippen LogP contribution >= 0.6 is 23.4 Å². The number of fused-ring (bicyclic) bond motifs is 1.